The Balaban J connectivity index is 0.000000213. The van der Waals surface area contributed by atoms with Crippen molar-refractivity contribution >= 4 is 11.9 Å². The van der Waals surface area contributed by atoms with Crippen LogP contribution in [-0.2, 0) is 0 Å². The molecule has 0 amide bonds. The van der Waals surface area contributed by atoms with Crippen LogP contribution in [0.1, 0.15) is 53.8 Å². The maximum absolute atomic E-state index is 13.8. The number of ether oxygens (including phenoxy) is 3. The number of esters is 1. The SMILES string of the molecule is CCCCOc1ccc(-c2cc(-c3ccc(C(=O)O)cc3)[nH]n2)cc1.CCCOc1ccc(-c2cc(-c3ccc(C(=O)Oc4c(F)c(F)c(F)c(F)c4F)cc3)[nH]n2)cc1. The molecule has 10 nitrogen and oxygen atoms in total. The van der Waals surface area contributed by atoms with Gasteiger partial charge in [-0.1, -0.05) is 44.5 Å². The number of aromatic amines is 2. The van der Waals surface area contributed by atoms with Gasteiger partial charge in [-0.2, -0.15) is 19.0 Å². The molecule has 7 rings (SSSR count). The molecule has 308 valence electrons. The summed E-state index contributed by atoms with van der Waals surface area (Å²) in [5, 5.41) is 23.4. The van der Waals surface area contributed by atoms with Crippen LogP contribution in [0.25, 0.3) is 45.0 Å². The fourth-order valence-electron chi connectivity index (χ4n) is 5.64. The van der Waals surface area contributed by atoms with Crippen molar-refractivity contribution < 1.29 is 50.9 Å². The van der Waals surface area contributed by atoms with E-state index >= 15 is 0 Å². The second kappa shape index (κ2) is 19.4. The molecule has 0 saturated heterocycles. The third-order valence-electron chi connectivity index (χ3n) is 8.93. The summed E-state index contributed by atoms with van der Waals surface area (Å²) in [6.45, 7) is 5.51. The second-order valence-electron chi connectivity index (χ2n) is 13.2. The number of rotatable bonds is 14. The number of carbonyl (C=O) groups excluding carboxylic acids is 1. The van der Waals surface area contributed by atoms with Gasteiger partial charge in [0.1, 0.15) is 11.5 Å². The summed E-state index contributed by atoms with van der Waals surface area (Å²) in [4.78, 5) is 23.1. The molecule has 0 saturated carbocycles. The average molecular weight is 825 g/mol. The minimum Gasteiger partial charge on any atom is -0.494 e. The molecule has 5 aromatic carbocycles. The van der Waals surface area contributed by atoms with E-state index in [1.165, 1.54) is 24.3 Å². The number of halogens is 5. The molecule has 0 spiro atoms. The molecule has 0 bridgehead atoms. The Morgan fingerprint density at radius 1 is 0.550 bits per heavy atom. The summed E-state index contributed by atoms with van der Waals surface area (Å²) in [6, 6.07) is 31.3. The van der Waals surface area contributed by atoms with Crippen molar-refractivity contribution in [2.75, 3.05) is 13.2 Å². The van der Waals surface area contributed by atoms with Crippen molar-refractivity contribution in [2.24, 2.45) is 0 Å². The number of carboxylic acid groups (broad SMARTS) is 1. The summed E-state index contributed by atoms with van der Waals surface area (Å²) in [5.74, 6) is -13.5. The van der Waals surface area contributed by atoms with Crippen LogP contribution in [0.3, 0.4) is 0 Å². The van der Waals surface area contributed by atoms with Gasteiger partial charge in [-0.25, -0.2) is 22.8 Å². The number of carboxylic acids is 1. The highest BCUT2D eigenvalue weighted by Gasteiger charge is 2.29. The Labute approximate surface area is 340 Å². The fraction of sp³-hybridized carbons (Fsp3) is 0.156. The van der Waals surface area contributed by atoms with Gasteiger partial charge < -0.3 is 19.3 Å². The van der Waals surface area contributed by atoms with E-state index in [1.807, 2.05) is 61.5 Å². The summed E-state index contributed by atoms with van der Waals surface area (Å²) in [5.41, 5.74) is 6.41. The molecule has 0 aliphatic heterocycles. The van der Waals surface area contributed by atoms with E-state index in [0.717, 1.165) is 65.4 Å². The molecular formula is C45H37F5N4O6. The van der Waals surface area contributed by atoms with E-state index < -0.39 is 46.8 Å². The van der Waals surface area contributed by atoms with Crippen LogP contribution in [0.2, 0.25) is 0 Å². The van der Waals surface area contributed by atoms with Crippen LogP contribution >= 0.6 is 0 Å². The number of aromatic carboxylic acids is 1. The smallest absolute Gasteiger partial charge is 0.343 e. The fourth-order valence-corrected chi connectivity index (χ4v) is 5.64. The van der Waals surface area contributed by atoms with E-state index in [9.17, 15) is 31.5 Å². The Bertz CT molecular complexity index is 2530. The van der Waals surface area contributed by atoms with Crippen molar-refractivity contribution in [2.45, 2.75) is 33.1 Å². The van der Waals surface area contributed by atoms with Crippen LogP contribution < -0.4 is 14.2 Å². The van der Waals surface area contributed by atoms with Crippen molar-refractivity contribution in [1.82, 2.24) is 20.4 Å². The molecule has 0 aliphatic rings. The first-order valence-corrected chi connectivity index (χ1v) is 18.7. The van der Waals surface area contributed by atoms with Crippen molar-refractivity contribution in [3.8, 4) is 62.3 Å². The number of carbonyl (C=O) groups is 2. The lowest BCUT2D eigenvalue weighted by atomic mass is 10.1. The largest absolute Gasteiger partial charge is 0.494 e. The molecule has 3 N–H and O–H groups in total. The summed E-state index contributed by atoms with van der Waals surface area (Å²) in [7, 11) is 0. The van der Waals surface area contributed by atoms with E-state index in [-0.39, 0.29) is 11.1 Å². The zero-order valence-corrected chi connectivity index (χ0v) is 32.2. The summed E-state index contributed by atoms with van der Waals surface area (Å²) in [6.07, 6.45) is 3.06. The molecule has 0 atom stereocenters. The molecule has 0 radical (unpaired) electrons. The first-order chi connectivity index (χ1) is 29.0. The van der Waals surface area contributed by atoms with Crippen LogP contribution in [-0.4, -0.2) is 50.7 Å². The van der Waals surface area contributed by atoms with Gasteiger partial charge >= 0.3 is 11.9 Å². The lowest BCUT2D eigenvalue weighted by Gasteiger charge is -2.09. The molecule has 2 aromatic heterocycles. The quantitative estimate of drug-likeness (QED) is 0.0246. The van der Waals surface area contributed by atoms with Crippen molar-refractivity contribution in [3.05, 3.63) is 149 Å². The maximum Gasteiger partial charge on any atom is 0.343 e. The number of hydrogen-bond acceptors (Lipinski definition) is 7. The van der Waals surface area contributed by atoms with E-state index in [0.29, 0.717) is 23.6 Å². The third kappa shape index (κ3) is 10.0. The Morgan fingerprint density at radius 3 is 1.40 bits per heavy atom. The zero-order chi connectivity index (χ0) is 42.8. The van der Waals surface area contributed by atoms with Gasteiger partial charge in [0.15, 0.2) is 0 Å². The highest BCUT2D eigenvalue weighted by atomic mass is 19.2. The molecule has 0 unspecified atom stereocenters. The predicted octanol–water partition coefficient (Wildman–Crippen LogP) is 11.1. The van der Waals surface area contributed by atoms with E-state index in [1.54, 1.807) is 30.3 Å². The average Bonchev–Trinajstić information content (AvgIpc) is 3.98. The number of nitrogens with zero attached hydrogens (tertiary/aromatic N) is 2. The van der Waals surface area contributed by atoms with Crippen molar-refractivity contribution in [1.29, 1.82) is 0 Å². The van der Waals surface area contributed by atoms with Gasteiger partial charge in [0.25, 0.3) is 0 Å². The minimum absolute atomic E-state index is 0.167. The van der Waals surface area contributed by atoms with Crippen LogP contribution in [0, 0.1) is 29.1 Å². The highest BCUT2D eigenvalue weighted by Crippen LogP contribution is 2.31. The number of nitrogens with one attached hydrogen (secondary N) is 2. The molecule has 60 heavy (non-hydrogen) atoms. The van der Waals surface area contributed by atoms with Gasteiger partial charge in [0.05, 0.1) is 47.1 Å². The highest BCUT2D eigenvalue weighted by molar-refractivity contribution is 5.92. The van der Waals surface area contributed by atoms with Gasteiger partial charge in [0.2, 0.25) is 34.8 Å². The number of benzene rings is 5. The first-order valence-electron chi connectivity index (χ1n) is 18.7. The van der Waals surface area contributed by atoms with E-state index in [2.05, 4.69) is 32.1 Å². The molecular weight excluding hydrogens is 788 g/mol. The molecule has 0 aliphatic carbocycles. The van der Waals surface area contributed by atoms with Crippen molar-refractivity contribution in [3.63, 3.8) is 0 Å². The predicted molar refractivity (Wildman–Crippen MR) is 213 cm³/mol. The van der Waals surface area contributed by atoms with Crippen LogP contribution in [0.15, 0.2) is 109 Å². The number of hydrogen-bond donors (Lipinski definition) is 3. The third-order valence-corrected chi connectivity index (χ3v) is 8.93. The van der Waals surface area contributed by atoms with Gasteiger partial charge in [-0.05, 0) is 109 Å². The topological polar surface area (TPSA) is 139 Å². The monoisotopic (exact) mass is 824 g/mol. The van der Waals surface area contributed by atoms with E-state index in [4.69, 9.17) is 14.6 Å². The van der Waals surface area contributed by atoms with Gasteiger partial charge in [-0.3, -0.25) is 10.2 Å². The Hall–Kier alpha value is -7.29. The Morgan fingerprint density at radius 2 is 0.967 bits per heavy atom. The molecule has 0 fully saturated rings. The van der Waals surface area contributed by atoms with Crippen LogP contribution in [0.4, 0.5) is 22.0 Å². The lowest BCUT2D eigenvalue weighted by molar-refractivity contribution is 0.0692. The summed E-state index contributed by atoms with van der Waals surface area (Å²) >= 11 is 0. The number of unbranched alkanes of at least 4 members (excludes halogenated alkanes) is 1. The number of aromatic nitrogens is 4. The normalized spacial score (nSPS) is 10.8. The first kappa shape index (κ1) is 42.3. The maximum atomic E-state index is 13.8. The standard InChI is InChI=1S/C25H17F5N2O3.C20H20N2O3/c1-2-11-34-16-9-7-14(8-10-16)18-12-17(31-32-18)13-3-5-15(6-4-13)25(33)35-24-22(29)20(27)19(26)21(28)23(24)30;1-2-3-12-25-17-10-8-15(9-11-17)19-13-18(21-22-19)14-4-6-16(7-5-14)20(23)24/h3-10,12H,2,11H2,1H3,(H,31,32);4-11,13H,2-3,12H2,1H3,(H,21,22)(H,23,24). The Kier molecular flexibility index (Phi) is 13.7. The zero-order valence-electron chi connectivity index (χ0n) is 32.2. The van der Waals surface area contributed by atoms with Gasteiger partial charge in [-0.15, -0.1) is 0 Å². The minimum atomic E-state index is -2.34. The molecule has 15 heteroatoms. The summed E-state index contributed by atoms with van der Waals surface area (Å²) < 4.78 is 83.0. The van der Waals surface area contributed by atoms with Crippen LogP contribution in [0.5, 0.6) is 17.2 Å². The second-order valence-corrected chi connectivity index (χ2v) is 13.2. The molecule has 7 aromatic rings. The lowest BCUT2D eigenvalue weighted by Crippen LogP contribution is -2.13. The van der Waals surface area contributed by atoms with Gasteiger partial charge in [0, 0.05) is 11.1 Å². The number of H-pyrrole nitrogens is 2. The molecule has 2 heterocycles.